The number of aryl methyl sites for hydroxylation is 1. The van der Waals surface area contributed by atoms with Gasteiger partial charge in [0.15, 0.2) is 17.3 Å². The van der Waals surface area contributed by atoms with Crippen LogP contribution in [0.2, 0.25) is 0 Å². The predicted molar refractivity (Wildman–Crippen MR) is 140 cm³/mol. The SMILES string of the molecule is CCc1ccc(Oc2ccnc3ccc(OCCOC(=O)C(N)C(C)CC)cc23)c(-c2ncccn2)n1. The van der Waals surface area contributed by atoms with Gasteiger partial charge in [-0.05, 0) is 54.8 Å². The fourth-order valence-electron chi connectivity index (χ4n) is 3.63. The molecule has 0 saturated heterocycles. The number of carbonyl (C=O) groups excluding carboxylic acids is 1. The Morgan fingerprint density at radius 2 is 1.78 bits per heavy atom. The molecule has 2 atom stereocenters. The molecule has 0 amide bonds. The van der Waals surface area contributed by atoms with Crippen LogP contribution in [-0.4, -0.2) is 45.2 Å². The van der Waals surface area contributed by atoms with Gasteiger partial charge in [0.05, 0.1) is 5.52 Å². The molecule has 0 spiro atoms. The first kappa shape index (κ1) is 26.0. The molecule has 192 valence electrons. The summed E-state index contributed by atoms with van der Waals surface area (Å²) in [6.45, 7) is 6.25. The first-order valence-electron chi connectivity index (χ1n) is 12.4. The maximum Gasteiger partial charge on any atom is 0.323 e. The van der Waals surface area contributed by atoms with Crippen LogP contribution in [0.4, 0.5) is 0 Å². The molecule has 0 radical (unpaired) electrons. The van der Waals surface area contributed by atoms with Crippen molar-refractivity contribution in [2.24, 2.45) is 11.7 Å². The van der Waals surface area contributed by atoms with Crippen molar-refractivity contribution >= 4 is 16.9 Å². The summed E-state index contributed by atoms with van der Waals surface area (Å²) >= 11 is 0. The molecule has 4 aromatic rings. The smallest absolute Gasteiger partial charge is 0.323 e. The Morgan fingerprint density at radius 1 is 0.973 bits per heavy atom. The molecule has 0 aliphatic carbocycles. The molecule has 2 N–H and O–H groups in total. The largest absolute Gasteiger partial charge is 0.490 e. The van der Waals surface area contributed by atoms with E-state index in [9.17, 15) is 4.79 Å². The van der Waals surface area contributed by atoms with E-state index >= 15 is 0 Å². The number of benzene rings is 1. The molecule has 3 aromatic heterocycles. The second-order valence-corrected chi connectivity index (χ2v) is 8.59. The highest BCUT2D eigenvalue weighted by atomic mass is 16.6. The van der Waals surface area contributed by atoms with Gasteiger partial charge in [0.2, 0.25) is 0 Å². The maximum absolute atomic E-state index is 12.1. The highest BCUT2D eigenvalue weighted by molar-refractivity contribution is 5.86. The summed E-state index contributed by atoms with van der Waals surface area (Å²) < 4.78 is 17.4. The zero-order chi connectivity index (χ0) is 26.2. The Bertz CT molecular complexity index is 1350. The van der Waals surface area contributed by atoms with E-state index in [0.29, 0.717) is 28.8 Å². The molecule has 9 heteroatoms. The fourth-order valence-corrected chi connectivity index (χ4v) is 3.63. The zero-order valence-electron chi connectivity index (χ0n) is 21.3. The second-order valence-electron chi connectivity index (χ2n) is 8.59. The maximum atomic E-state index is 12.1. The van der Waals surface area contributed by atoms with Crippen molar-refractivity contribution in [2.75, 3.05) is 13.2 Å². The topological polar surface area (TPSA) is 122 Å². The number of hydrogen-bond donors (Lipinski definition) is 1. The molecule has 1 aromatic carbocycles. The number of nitrogens with two attached hydrogens (primary N) is 1. The van der Waals surface area contributed by atoms with E-state index in [1.807, 2.05) is 51.1 Å². The van der Waals surface area contributed by atoms with Gasteiger partial charge in [-0.1, -0.05) is 27.2 Å². The van der Waals surface area contributed by atoms with Crippen molar-refractivity contribution < 1.29 is 19.0 Å². The van der Waals surface area contributed by atoms with Crippen molar-refractivity contribution in [3.63, 3.8) is 0 Å². The first-order chi connectivity index (χ1) is 18.0. The summed E-state index contributed by atoms with van der Waals surface area (Å²) in [6, 6.07) is 12.2. The number of fused-ring (bicyclic) bond motifs is 1. The lowest BCUT2D eigenvalue weighted by molar-refractivity contribution is -0.147. The molecule has 0 aliphatic rings. The van der Waals surface area contributed by atoms with Crippen LogP contribution in [0.15, 0.2) is 61.1 Å². The molecule has 0 bridgehead atoms. The molecular weight excluding hydrogens is 470 g/mol. The number of aromatic nitrogens is 4. The van der Waals surface area contributed by atoms with Gasteiger partial charge >= 0.3 is 5.97 Å². The molecule has 0 aliphatic heterocycles. The number of rotatable bonds is 11. The van der Waals surface area contributed by atoms with Crippen LogP contribution in [0, 0.1) is 5.92 Å². The van der Waals surface area contributed by atoms with E-state index in [1.165, 1.54) is 0 Å². The Kier molecular flexibility index (Phi) is 8.58. The van der Waals surface area contributed by atoms with E-state index in [0.717, 1.165) is 29.4 Å². The van der Waals surface area contributed by atoms with Gasteiger partial charge in [0, 0.05) is 29.7 Å². The second kappa shape index (κ2) is 12.2. The van der Waals surface area contributed by atoms with Gasteiger partial charge in [-0.15, -0.1) is 0 Å². The number of nitrogens with zero attached hydrogens (tertiary/aromatic N) is 4. The van der Waals surface area contributed by atoms with Crippen molar-refractivity contribution in [3.05, 3.63) is 66.7 Å². The number of hydrogen-bond acceptors (Lipinski definition) is 9. The van der Waals surface area contributed by atoms with Crippen molar-refractivity contribution in [1.29, 1.82) is 0 Å². The highest BCUT2D eigenvalue weighted by Crippen LogP contribution is 2.35. The molecule has 9 nitrogen and oxygen atoms in total. The lowest BCUT2D eigenvalue weighted by Crippen LogP contribution is -2.38. The third kappa shape index (κ3) is 6.37. The van der Waals surface area contributed by atoms with Gasteiger partial charge in [-0.3, -0.25) is 9.78 Å². The van der Waals surface area contributed by atoms with E-state index in [4.69, 9.17) is 24.9 Å². The van der Waals surface area contributed by atoms with Crippen molar-refractivity contribution in [1.82, 2.24) is 19.9 Å². The Balaban J connectivity index is 1.51. The standard InChI is InChI=1S/C28H31N5O4/c1-4-18(3)25(29)28(34)36-16-15-35-20-8-9-22-21(17-20)23(11-14-30-22)37-24-10-7-19(5-2)33-26(24)27-31-12-6-13-32-27/h6-14,17-18,25H,4-5,15-16,29H2,1-3H3. The lowest BCUT2D eigenvalue weighted by Gasteiger charge is -2.17. The van der Waals surface area contributed by atoms with Crippen LogP contribution in [-0.2, 0) is 16.0 Å². The summed E-state index contributed by atoms with van der Waals surface area (Å²) in [5, 5.41) is 0.760. The number of esters is 1. The number of ether oxygens (including phenoxy) is 3. The molecule has 0 fully saturated rings. The van der Waals surface area contributed by atoms with Crippen LogP contribution >= 0.6 is 0 Å². The third-order valence-electron chi connectivity index (χ3n) is 6.07. The minimum absolute atomic E-state index is 0.0576. The van der Waals surface area contributed by atoms with Crippen LogP contribution < -0.4 is 15.2 Å². The first-order valence-corrected chi connectivity index (χ1v) is 12.4. The Hall–Kier alpha value is -4.11. The predicted octanol–water partition coefficient (Wildman–Crippen LogP) is 4.74. The normalized spacial score (nSPS) is 12.6. The Morgan fingerprint density at radius 3 is 2.54 bits per heavy atom. The van der Waals surface area contributed by atoms with E-state index < -0.39 is 12.0 Å². The van der Waals surface area contributed by atoms with Gasteiger partial charge in [0.1, 0.15) is 30.8 Å². The number of pyridine rings is 2. The van der Waals surface area contributed by atoms with E-state index in [1.54, 1.807) is 30.7 Å². The highest BCUT2D eigenvalue weighted by Gasteiger charge is 2.20. The molecule has 0 saturated carbocycles. The quantitative estimate of drug-likeness (QED) is 0.229. The average molecular weight is 502 g/mol. The third-order valence-corrected chi connectivity index (χ3v) is 6.07. The van der Waals surface area contributed by atoms with E-state index in [2.05, 4.69) is 15.0 Å². The van der Waals surface area contributed by atoms with Crippen molar-refractivity contribution in [3.8, 4) is 28.8 Å². The van der Waals surface area contributed by atoms with E-state index in [-0.39, 0.29) is 19.1 Å². The minimum atomic E-state index is -0.636. The van der Waals surface area contributed by atoms with Gasteiger partial charge in [-0.25, -0.2) is 15.0 Å². The summed E-state index contributed by atoms with van der Waals surface area (Å²) in [5.41, 5.74) is 8.14. The van der Waals surface area contributed by atoms with Crippen molar-refractivity contribution in [2.45, 2.75) is 39.7 Å². The fraction of sp³-hybridized carbons (Fsp3) is 0.321. The summed E-state index contributed by atoms with van der Waals surface area (Å²) in [7, 11) is 0. The van der Waals surface area contributed by atoms with Crippen LogP contribution in [0.5, 0.6) is 17.2 Å². The zero-order valence-corrected chi connectivity index (χ0v) is 21.3. The summed E-state index contributed by atoms with van der Waals surface area (Å²) in [5.74, 6) is 1.84. The monoisotopic (exact) mass is 501 g/mol. The van der Waals surface area contributed by atoms with Gasteiger partial charge in [-0.2, -0.15) is 0 Å². The molecule has 37 heavy (non-hydrogen) atoms. The van der Waals surface area contributed by atoms with Crippen LogP contribution in [0.25, 0.3) is 22.4 Å². The lowest BCUT2D eigenvalue weighted by atomic mass is 10.0. The molecular formula is C28H31N5O4. The molecule has 4 rings (SSSR count). The molecule has 3 heterocycles. The Labute approximate surface area is 216 Å². The summed E-state index contributed by atoms with van der Waals surface area (Å²) in [6.07, 6.45) is 6.62. The van der Waals surface area contributed by atoms with Gasteiger partial charge in [0.25, 0.3) is 0 Å². The van der Waals surface area contributed by atoms with Crippen LogP contribution in [0.1, 0.15) is 32.9 Å². The molecule has 2 unspecified atom stereocenters. The number of carbonyl (C=O) groups is 1. The minimum Gasteiger partial charge on any atom is -0.490 e. The van der Waals surface area contributed by atoms with Crippen LogP contribution in [0.3, 0.4) is 0 Å². The average Bonchev–Trinajstić information content (AvgIpc) is 2.95. The van der Waals surface area contributed by atoms with Gasteiger partial charge < -0.3 is 19.9 Å². The summed E-state index contributed by atoms with van der Waals surface area (Å²) in [4.78, 5) is 29.9.